The molecular formula is C20H25BrN3O2+. The highest BCUT2D eigenvalue weighted by Gasteiger charge is 2.18. The number of anilines is 2. The van der Waals surface area contributed by atoms with Gasteiger partial charge in [-0.1, -0.05) is 41.1 Å². The van der Waals surface area contributed by atoms with E-state index in [9.17, 15) is 9.59 Å². The van der Waals surface area contributed by atoms with Gasteiger partial charge in [0.25, 0.3) is 11.8 Å². The zero-order valence-electron chi connectivity index (χ0n) is 15.1. The standard InChI is InChI=1S/C20H24BrN3O2/c1-3-12-24(13-19(25)22-17-10-8-16(21)9-11-17)14-20(26)23-18-7-5-4-6-15(18)2/h4-11H,3,12-14H2,1-2H3,(H,22,25)(H,23,26)/p+1. The van der Waals surface area contributed by atoms with Crippen molar-refractivity contribution in [2.24, 2.45) is 0 Å². The van der Waals surface area contributed by atoms with Gasteiger partial charge in [0.1, 0.15) is 0 Å². The van der Waals surface area contributed by atoms with Crippen LogP contribution in [0.2, 0.25) is 0 Å². The highest BCUT2D eigenvalue weighted by Crippen LogP contribution is 2.14. The second-order valence-corrected chi connectivity index (χ2v) is 7.19. The van der Waals surface area contributed by atoms with Crippen LogP contribution in [0, 0.1) is 6.92 Å². The third-order valence-electron chi connectivity index (χ3n) is 3.97. The number of benzene rings is 2. The number of para-hydroxylation sites is 1. The molecule has 0 saturated heterocycles. The van der Waals surface area contributed by atoms with Crippen LogP contribution in [0.1, 0.15) is 18.9 Å². The summed E-state index contributed by atoms with van der Waals surface area (Å²) in [4.78, 5) is 25.6. The molecule has 0 spiro atoms. The van der Waals surface area contributed by atoms with E-state index in [4.69, 9.17) is 0 Å². The third-order valence-corrected chi connectivity index (χ3v) is 4.50. The van der Waals surface area contributed by atoms with Crippen molar-refractivity contribution in [1.82, 2.24) is 0 Å². The van der Waals surface area contributed by atoms with Gasteiger partial charge in [-0.05, 0) is 49.2 Å². The molecule has 0 heterocycles. The number of halogens is 1. The minimum Gasteiger partial charge on any atom is -0.321 e. The van der Waals surface area contributed by atoms with Crippen LogP contribution < -0.4 is 15.5 Å². The van der Waals surface area contributed by atoms with E-state index in [0.29, 0.717) is 0 Å². The van der Waals surface area contributed by atoms with E-state index in [0.717, 1.165) is 39.3 Å². The lowest BCUT2D eigenvalue weighted by molar-refractivity contribution is -0.883. The molecule has 0 aliphatic heterocycles. The molecule has 2 aromatic rings. The van der Waals surface area contributed by atoms with Crippen molar-refractivity contribution < 1.29 is 14.5 Å². The van der Waals surface area contributed by atoms with Crippen LogP contribution in [0.3, 0.4) is 0 Å². The van der Waals surface area contributed by atoms with Crippen molar-refractivity contribution in [2.75, 3.05) is 30.3 Å². The van der Waals surface area contributed by atoms with Crippen LogP contribution in [0.5, 0.6) is 0 Å². The number of quaternary nitrogens is 1. The van der Waals surface area contributed by atoms with Crippen molar-refractivity contribution in [2.45, 2.75) is 20.3 Å². The van der Waals surface area contributed by atoms with Crippen molar-refractivity contribution in [3.8, 4) is 0 Å². The summed E-state index contributed by atoms with van der Waals surface area (Å²) < 4.78 is 0.960. The normalized spacial score (nSPS) is 11.7. The zero-order chi connectivity index (χ0) is 18.9. The zero-order valence-corrected chi connectivity index (χ0v) is 16.7. The Bertz CT molecular complexity index is 747. The Morgan fingerprint density at radius 3 is 2.19 bits per heavy atom. The number of hydrogen-bond acceptors (Lipinski definition) is 2. The number of carbonyl (C=O) groups excluding carboxylic acids is 2. The Kier molecular flexibility index (Phi) is 7.81. The maximum absolute atomic E-state index is 12.4. The summed E-state index contributed by atoms with van der Waals surface area (Å²) in [6, 6.07) is 15.1. The van der Waals surface area contributed by atoms with Gasteiger partial charge in [0, 0.05) is 15.8 Å². The first kappa shape index (κ1) is 20.1. The summed E-state index contributed by atoms with van der Waals surface area (Å²) in [6.45, 7) is 5.28. The van der Waals surface area contributed by atoms with Gasteiger partial charge in [0.2, 0.25) is 0 Å². The van der Waals surface area contributed by atoms with Crippen LogP contribution in [0.15, 0.2) is 53.0 Å². The lowest BCUT2D eigenvalue weighted by Gasteiger charge is -2.18. The number of rotatable bonds is 8. The van der Waals surface area contributed by atoms with E-state index in [-0.39, 0.29) is 24.9 Å². The maximum atomic E-state index is 12.4. The topological polar surface area (TPSA) is 62.6 Å². The van der Waals surface area contributed by atoms with Crippen molar-refractivity contribution in [3.63, 3.8) is 0 Å². The van der Waals surface area contributed by atoms with Gasteiger partial charge in [-0.25, -0.2) is 0 Å². The number of hydrogen-bond donors (Lipinski definition) is 3. The highest BCUT2D eigenvalue weighted by molar-refractivity contribution is 9.10. The number of nitrogens with one attached hydrogen (secondary N) is 3. The van der Waals surface area contributed by atoms with Gasteiger partial charge in [0.05, 0.1) is 6.54 Å². The molecule has 1 unspecified atom stereocenters. The van der Waals surface area contributed by atoms with Crippen LogP contribution in [-0.2, 0) is 9.59 Å². The molecule has 2 rings (SSSR count). The summed E-state index contributed by atoms with van der Waals surface area (Å²) in [7, 11) is 0. The summed E-state index contributed by atoms with van der Waals surface area (Å²) in [5, 5.41) is 5.81. The van der Waals surface area contributed by atoms with Gasteiger partial charge in [0.15, 0.2) is 13.1 Å². The molecular weight excluding hydrogens is 394 g/mol. The molecule has 0 aromatic heterocycles. The Balaban J connectivity index is 1.90. The highest BCUT2D eigenvalue weighted by atomic mass is 79.9. The molecule has 0 aliphatic carbocycles. The second kappa shape index (κ2) is 10.1. The van der Waals surface area contributed by atoms with E-state index in [1.807, 2.05) is 62.4 Å². The number of amides is 2. The van der Waals surface area contributed by atoms with Crippen LogP contribution in [0.4, 0.5) is 11.4 Å². The van der Waals surface area contributed by atoms with Crippen LogP contribution in [-0.4, -0.2) is 31.4 Å². The minimum atomic E-state index is -0.0977. The Hall–Kier alpha value is -2.18. The molecule has 0 bridgehead atoms. The SMILES string of the molecule is CCC[NH+](CC(=O)Nc1ccc(Br)cc1)CC(=O)Nc1ccccc1C. The van der Waals surface area contributed by atoms with Crippen molar-refractivity contribution >= 4 is 39.1 Å². The molecule has 0 aliphatic rings. The van der Waals surface area contributed by atoms with Crippen LogP contribution in [0.25, 0.3) is 0 Å². The van der Waals surface area contributed by atoms with Gasteiger partial charge in [-0.15, -0.1) is 0 Å². The first-order valence-corrected chi connectivity index (χ1v) is 9.51. The molecule has 0 radical (unpaired) electrons. The average molecular weight is 419 g/mol. The number of aryl methyl sites for hydroxylation is 1. The summed E-state index contributed by atoms with van der Waals surface area (Å²) in [6.07, 6.45) is 0.901. The monoisotopic (exact) mass is 418 g/mol. The molecule has 2 aromatic carbocycles. The predicted molar refractivity (Wildman–Crippen MR) is 108 cm³/mol. The summed E-state index contributed by atoms with van der Waals surface area (Å²) in [5.41, 5.74) is 2.58. The fourth-order valence-electron chi connectivity index (χ4n) is 2.69. The number of carbonyl (C=O) groups is 2. The molecule has 0 saturated carbocycles. The minimum absolute atomic E-state index is 0.0841. The first-order valence-electron chi connectivity index (χ1n) is 8.72. The second-order valence-electron chi connectivity index (χ2n) is 6.27. The van der Waals surface area contributed by atoms with E-state index in [1.165, 1.54) is 0 Å². The van der Waals surface area contributed by atoms with Crippen molar-refractivity contribution in [3.05, 3.63) is 58.6 Å². The first-order chi connectivity index (χ1) is 12.5. The van der Waals surface area contributed by atoms with Gasteiger partial charge < -0.3 is 15.5 Å². The van der Waals surface area contributed by atoms with Crippen LogP contribution >= 0.6 is 15.9 Å². The summed E-state index contributed by atoms with van der Waals surface area (Å²) >= 11 is 3.37. The van der Waals surface area contributed by atoms with Gasteiger partial charge >= 0.3 is 0 Å². The van der Waals surface area contributed by atoms with Gasteiger partial charge in [-0.2, -0.15) is 0 Å². The van der Waals surface area contributed by atoms with Crippen molar-refractivity contribution in [1.29, 1.82) is 0 Å². The molecule has 26 heavy (non-hydrogen) atoms. The van der Waals surface area contributed by atoms with E-state index in [1.54, 1.807) is 0 Å². The summed E-state index contributed by atoms with van der Waals surface area (Å²) in [5.74, 6) is -0.182. The lowest BCUT2D eigenvalue weighted by Crippen LogP contribution is -3.14. The Morgan fingerprint density at radius 1 is 0.962 bits per heavy atom. The smallest absolute Gasteiger partial charge is 0.279 e. The molecule has 6 heteroatoms. The Labute approximate surface area is 162 Å². The van der Waals surface area contributed by atoms with E-state index >= 15 is 0 Å². The average Bonchev–Trinajstić information content (AvgIpc) is 2.59. The molecule has 2 amide bonds. The van der Waals surface area contributed by atoms with Gasteiger partial charge in [-0.3, -0.25) is 9.59 Å². The predicted octanol–water partition coefficient (Wildman–Crippen LogP) is 2.63. The Morgan fingerprint density at radius 2 is 1.58 bits per heavy atom. The largest absolute Gasteiger partial charge is 0.321 e. The molecule has 5 nitrogen and oxygen atoms in total. The fraction of sp³-hybridized carbons (Fsp3) is 0.300. The third kappa shape index (κ3) is 6.61. The lowest BCUT2D eigenvalue weighted by atomic mass is 10.2. The quantitative estimate of drug-likeness (QED) is 0.616. The molecule has 0 fully saturated rings. The van der Waals surface area contributed by atoms with E-state index < -0.39 is 0 Å². The fourth-order valence-corrected chi connectivity index (χ4v) is 2.96. The van der Waals surface area contributed by atoms with E-state index in [2.05, 4.69) is 26.6 Å². The molecule has 138 valence electrons. The molecule has 3 N–H and O–H groups in total. The maximum Gasteiger partial charge on any atom is 0.279 e. The molecule has 1 atom stereocenters.